The van der Waals surface area contributed by atoms with E-state index in [1.54, 1.807) is 23.1 Å². The summed E-state index contributed by atoms with van der Waals surface area (Å²) in [7, 11) is 0. The zero-order valence-electron chi connectivity index (χ0n) is 8.81. The predicted octanol–water partition coefficient (Wildman–Crippen LogP) is 4.28. The number of hydrogen-bond acceptors (Lipinski definition) is 3. The minimum Gasteiger partial charge on any atom is -0.320 e. The Hall–Kier alpha value is -0.290. The Kier molecular flexibility index (Phi) is 4.08. The fraction of sp³-hybridized carbons (Fsp3) is 0.167. The van der Waals surface area contributed by atoms with Gasteiger partial charge >= 0.3 is 0 Å². The number of thiophene rings is 1. The van der Waals surface area contributed by atoms with E-state index in [1.807, 2.05) is 18.2 Å². The third-order valence-electron chi connectivity index (χ3n) is 2.37. The topological polar surface area (TPSA) is 26.0 Å². The van der Waals surface area contributed by atoms with Crippen molar-refractivity contribution in [2.45, 2.75) is 10.9 Å². The first-order valence-corrected chi connectivity index (χ1v) is 7.69. The lowest BCUT2D eigenvalue weighted by molar-refractivity contribution is 0.868. The van der Waals surface area contributed by atoms with Crippen molar-refractivity contribution >= 4 is 39.0 Å². The minimum absolute atomic E-state index is 0.0278. The largest absolute Gasteiger partial charge is 0.320 e. The van der Waals surface area contributed by atoms with Crippen LogP contribution < -0.4 is 5.73 Å². The van der Waals surface area contributed by atoms with Gasteiger partial charge in [0.25, 0.3) is 0 Å². The lowest BCUT2D eigenvalue weighted by Gasteiger charge is -2.13. The van der Waals surface area contributed by atoms with E-state index in [-0.39, 0.29) is 6.04 Å². The van der Waals surface area contributed by atoms with E-state index in [1.165, 1.54) is 15.3 Å². The molecule has 4 heteroatoms. The van der Waals surface area contributed by atoms with Crippen LogP contribution >= 0.6 is 39.0 Å². The highest BCUT2D eigenvalue weighted by molar-refractivity contribution is 9.11. The molecule has 0 bridgehead atoms. The molecule has 1 nitrogen and oxygen atoms in total. The van der Waals surface area contributed by atoms with Gasteiger partial charge in [-0.1, -0.05) is 18.2 Å². The van der Waals surface area contributed by atoms with Crippen molar-refractivity contribution in [3.63, 3.8) is 0 Å². The molecular weight excluding hydrogens is 302 g/mol. The number of nitrogens with two attached hydrogens (primary N) is 1. The highest BCUT2D eigenvalue weighted by Crippen LogP contribution is 2.33. The van der Waals surface area contributed by atoms with Crippen LogP contribution in [0.3, 0.4) is 0 Å². The van der Waals surface area contributed by atoms with E-state index in [9.17, 15) is 0 Å². The van der Waals surface area contributed by atoms with E-state index in [4.69, 9.17) is 5.73 Å². The van der Waals surface area contributed by atoms with Crippen LogP contribution in [-0.2, 0) is 0 Å². The van der Waals surface area contributed by atoms with Crippen molar-refractivity contribution in [3.05, 3.63) is 50.6 Å². The first kappa shape index (κ1) is 12.2. The Labute approximate surface area is 112 Å². The van der Waals surface area contributed by atoms with E-state index < -0.39 is 0 Å². The zero-order chi connectivity index (χ0) is 11.5. The lowest BCUT2D eigenvalue weighted by atomic mass is 10.1. The lowest BCUT2D eigenvalue weighted by Crippen LogP contribution is -2.11. The molecule has 1 unspecified atom stereocenters. The van der Waals surface area contributed by atoms with Gasteiger partial charge < -0.3 is 5.73 Å². The van der Waals surface area contributed by atoms with Crippen LogP contribution in [0.4, 0.5) is 0 Å². The first-order valence-electron chi connectivity index (χ1n) is 4.86. The molecule has 0 aliphatic heterocycles. The summed E-state index contributed by atoms with van der Waals surface area (Å²) in [5.41, 5.74) is 7.48. The average Bonchev–Trinajstić information content (AvgIpc) is 2.75. The van der Waals surface area contributed by atoms with Gasteiger partial charge in [0.15, 0.2) is 0 Å². The summed E-state index contributed by atoms with van der Waals surface area (Å²) in [6.45, 7) is 0. The van der Waals surface area contributed by atoms with Crippen LogP contribution in [0.5, 0.6) is 0 Å². The Morgan fingerprint density at radius 3 is 2.62 bits per heavy atom. The predicted molar refractivity (Wildman–Crippen MR) is 76.3 cm³/mol. The van der Waals surface area contributed by atoms with Crippen molar-refractivity contribution in [1.82, 2.24) is 0 Å². The van der Waals surface area contributed by atoms with Crippen molar-refractivity contribution in [1.29, 1.82) is 0 Å². The minimum atomic E-state index is -0.0278. The van der Waals surface area contributed by atoms with Crippen LogP contribution in [0.25, 0.3) is 0 Å². The second-order valence-electron chi connectivity index (χ2n) is 3.36. The Balaban J connectivity index is 2.36. The maximum absolute atomic E-state index is 6.28. The van der Waals surface area contributed by atoms with E-state index in [0.29, 0.717) is 0 Å². The molecule has 2 N–H and O–H groups in total. The third-order valence-corrected chi connectivity index (χ3v) is 4.89. The van der Waals surface area contributed by atoms with E-state index >= 15 is 0 Å². The molecule has 2 aromatic rings. The van der Waals surface area contributed by atoms with Crippen LogP contribution in [-0.4, -0.2) is 6.26 Å². The molecule has 1 aromatic heterocycles. The molecule has 0 saturated heterocycles. The quantitative estimate of drug-likeness (QED) is 0.856. The number of halogens is 1. The Morgan fingerprint density at radius 2 is 2.00 bits per heavy atom. The molecule has 2 rings (SSSR count). The van der Waals surface area contributed by atoms with Crippen molar-refractivity contribution in [3.8, 4) is 0 Å². The molecule has 0 amide bonds. The summed E-state index contributed by atoms with van der Waals surface area (Å²) in [6.07, 6.45) is 2.08. The zero-order valence-corrected chi connectivity index (χ0v) is 12.0. The first-order chi connectivity index (χ1) is 7.72. The van der Waals surface area contributed by atoms with E-state index in [0.717, 1.165) is 3.79 Å². The van der Waals surface area contributed by atoms with Crippen LogP contribution in [0.2, 0.25) is 0 Å². The Bertz CT molecular complexity index is 481. The van der Waals surface area contributed by atoms with Gasteiger partial charge in [0, 0.05) is 9.77 Å². The molecule has 1 atom stereocenters. The highest BCUT2D eigenvalue weighted by Gasteiger charge is 2.14. The maximum atomic E-state index is 6.28. The van der Waals surface area contributed by atoms with Gasteiger partial charge in [-0.05, 0) is 45.9 Å². The van der Waals surface area contributed by atoms with Gasteiger partial charge in [-0.15, -0.1) is 23.1 Å². The van der Waals surface area contributed by atoms with E-state index in [2.05, 4.69) is 40.4 Å². The van der Waals surface area contributed by atoms with Crippen molar-refractivity contribution in [2.24, 2.45) is 5.73 Å². The second kappa shape index (κ2) is 5.36. The summed E-state index contributed by atoms with van der Waals surface area (Å²) in [4.78, 5) is 2.44. The molecule has 0 aliphatic carbocycles. The highest BCUT2D eigenvalue weighted by atomic mass is 79.9. The molecule has 0 spiro atoms. The number of thioether (sulfide) groups is 1. The molecule has 0 fully saturated rings. The van der Waals surface area contributed by atoms with Crippen LogP contribution in [0, 0.1) is 0 Å². The molecule has 0 saturated carbocycles. The number of benzene rings is 1. The van der Waals surface area contributed by atoms with Gasteiger partial charge in [0.05, 0.1) is 9.83 Å². The second-order valence-corrected chi connectivity index (χ2v) is 6.70. The monoisotopic (exact) mass is 313 g/mol. The summed E-state index contributed by atoms with van der Waals surface area (Å²) in [5, 5.41) is 0. The van der Waals surface area contributed by atoms with Crippen LogP contribution in [0.15, 0.2) is 45.1 Å². The normalized spacial score (nSPS) is 12.7. The standard InChI is InChI=1S/C12H12BrNS2/c1-15-9-5-3-2-4-8(9)12(14)10-6-7-11(13)16-10/h2-7,12H,14H2,1H3. The fourth-order valence-electron chi connectivity index (χ4n) is 1.57. The van der Waals surface area contributed by atoms with Gasteiger partial charge in [-0.3, -0.25) is 0 Å². The Morgan fingerprint density at radius 1 is 1.25 bits per heavy atom. The smallest absolute Gasteiger partial charge is 0.0702 e. The van der Waals surface area contributed by atoms with Gasteiger partial charge in [0.2, 0.25) is 0 Å². The molecule has 1 heterocycles. The summed E-state index contributed by atoms with van der Waals surface area (Å²) < 4.78 is 1.12. The SMILES string of the molecule is CSc1ccccc1C(N)c1ccc(Br)s1. The third kappa shape index (κ3) is 2.51. The van der Waals surface area contributed by atoms with Crippen LogP contribution in [0.1, 0.15) is 16.5 Å². The molecule has 1 aromatic carbocycles. The average molecular weight is 314 g/mol. The van der Waals surface area contributed by atoms with Crippen molar-refractivity contribution < 1.29 is 0 Å². The molecular formula is C12H12BrNS2. The molecule has 0 radical (unpaired) electrons. The molecule has 16 heavy (non-hydrogen) atoms. The molecule has 84 valence electrons. The number of rotatable bonds is 3. The fourth-order valence-corrected chi connectivity index (χ4v) is 3.66. The van der Waals surface area contributed by atoms with Crippen molar-refractivity contribution in [2.75, 3.05) is 6.26 Å². The van der Waals surface area contributed by atoms with Gasteiger partial charge in [0.1, 0.15) is 0 Å². The maximum Gasteiger partial charge on any atom is 0.0702 e. The summed E-state index contributed by atoms with van der Waals surface area (Å²) in [6, 6.07) is 12.4. The van der Waals surface area contributed by atoms with Gasteiger partial charge in [-0.25, -0.2) is 0 Å². The summed E-state index contributed by atoms with van der Waals surface area (Å²) in [5.74, 6) is 0. The number of hydrogen-bond donors (Lipinski definition) is 1. The molecule has 0 aliphatic rings. The summed E-state index contributed by atoms with van der Waals surface area (Å²) >= 11 is 6.90. The van der Waals surface area contributed by atoms with Gasteiger partial charge in [-0.2, -0.15) is 0 Å².